The molecule has 0 radical (unpaired) electrons. The Morgan fingerprint density at radius 1 is 1.18 bits per heavy atom. The van der Waals surface area contributed by atoms with Gasteiger partial charge in [-0.1, -0.05) is 18.2 Å². The van der Waals surface area contributed by atoms with Crippen molar-refractivity contribution in [1.29, 1.82) is 0 Å². The van der Waals surface area contributed by atoms with Crippen molar-refractivity contribution < 1.29 is 4.74 Å². The fourth-order valence-electron chi connectivity index (χ4n) is 5.44. The number of fused-ring (bicyclic) bond motifs is 2. The summed E-state index contributed by atoms with van der Waals surface area (Å²) in [4.78, 5) is 6.96. The van der Waals surface area contributed by atoms with Gasteiger partial charge < -0.3 is 19.5 Å². The second kappa shape index (κ2) is 6.90. The summed E-state index contributed by atoms with van der Waals surface area (Å²) in [5.41, 5.74) is 4.36. The van der Waals surface area contributed by atoms with Gasteiger partial charge in [-0.2, -0.15) is 0 Å². The molecule has 5 rings (SSSR count). The number of pyridine rings is 1. The number of nitrogens with zero attached hydrogens (tertiary/aromatic N) is 3. The van der Waals surface area contributed by atoms with E-state index in [4.69, 9.17) is 4.74 Å². The van der Waals surface area contributed by atoms with Crippen LogP contribution in [-0.2, 0) is 18.2 Å². The normalized spacial score (nSPS) is 25.5. The van der Waals surface area contributed by atoms with Gasteiger partial charge in [0.2, 0.25) is 0 Å². The number of nitrogens with one attached hydrogen (secondary N) is 1. The minimum Gasteiger partial charge on any atom is -0.361 e. The molecular weight excluding hydrogens is 348 g/mol. The van der Waals surface area contributed by atoms with Crippen molar-refractivity contribution >= 4 is 16.7 Å². The van der Waals surface area contributed by atoms with Crippen LogP contribution in [0.5, 0.6) is 0 Å². The van der Waals surface area contributed by atoms with Crippen LogP contribution < -0.4 is 5.32 Å². The predicted molar refractivity (Wildman–Crippen MR) is 113 cm³/mol. The van der Waals surface area contributed by atoms with Crippen LogP contribution in [-0.4, -0.2) is 47.4 Å². The number of hydrogen-bond acceptors (Lipinski definition) is 4. The first-order chi connectivity index (χ1) is 13.7. The van der Waals surface area contributed by atoms with Crippen molar-refractivity contribution in [1.82, 2.24) is 14.5 Å². The van der Waals surface area contributed by atoms with Crippen molar-refractivity contribution in [2.24, 2.45) is 13.0 Å². The van der Waals surface area contributed by atoms with E-state index in [9.17, 15) is 0 Å². The molecule has 1 aliphatic heterocycles. The summed E-state index contributed by atoms with van der Waals surface area (Å²) in [6.07, 6.45) is 6.35. The lowest BCUT2D eigenvalue weighted by atomic mass is 9.72. The van der Waals surface area contributed by atoms with E-state index in [0.29, 0.717) is 17.9 Å². The maximum Gasteiger partial charge on any atom is 0.132 e. The van der Waals surface area contributed by atoms with Crippen molar-refractivity contribution in [2.45, 2.75) is 31.0 Å². The van der Waals surface area contributed by atoms with Gasteiger partial charge in [-0.25, -0.2) is 4.98 Å². The van der Waals surface area contributed by atoms with Gasteiger partial charge in [-0.3, -0.25) is 0 Å². The van der Waals surface area contributed by atoms with Crippen LogP contribution in [0.25, 0.3) is 10.9 Å². The average molecular weight is 377 g/mol. The monoisotopic (exact) mass is 376 g/mol. The Hall–Kier alpha value is -2.37. The molecule has 0 saturated carbocycles. The highest BCUT2D eigenvalue weighted by molar-refractivity contribution is 5.89. The largest absolute Gasteiger partial charge is 0.361 e. The summed E-state index contributed by atoms with van der Waals surface area (Å²) in [7, 11) is 6.23. The number of aryl methyl sites for hydroxylation is 1. The molecule has 1 saturated heterocycles. The minimum absolute atomic E-state index is 0.0466. The molecule has 1 aliphatic carbocycles. The Balaban J connectivity index is 1.47. The number of anilines is 1. The summed E-state index contributed by atoms with van der Waals surface area (Å²) < 4.78 is 8.17. The minimum atomic E-state index is -0.0466. The molecule has 0 spiro atoms. The molecule has 5 heteroatoms. The van der Waals surface area contributed by atoms with E-state index < -0.39 is 0 Å². The third kappa shape index (κ3) is 2.81. The van der Waals surface area contributed by atoms with E-state index >= 15 is 0 Å². The molecule has 4 atom stereocenters. The van der Waals surface area contributed by atoms with Crippen LogP contribution in [0.4, 0.5) is 5.82 Å². The van der Waals surface area contributed by atoms with Gasteiger partial charge in [0.25, 0.3) is 0 Å². The lowest BCUT2D eigenvalue weighted by molar-refractivity contribution is 0.0126. The lowest BCUT2D eigenvalue weighted by Crippen LogP contribution is -2.51. The quantitative estimate of drug-likeness (QED) is 0.707. The first-order valence-corrected chi connectivity index (χ1v) is 10.1. The molecule has 146 valence electrons. The van der Waals surface area contributed by atoms with Gasteiger partial charge in [0, 0.05) is 61.9 Å². The van der Waals surface area contributed by atoms with E-state index in [2.05, 4.69) is 58.3 Å². The number of methoxy groups -OCH3 is 1. The summed E-state index contributed by atoms with van der Waals surface area (Å²) >= 11 is 0. The Morgan fingerprint density at radius 2 is 2.07 bits per heavy atom. The van der Waals surface area contributed by atoms with Crippen LogP contribution in [0, 0.1) is 5.92 Å². The summed E-state index contributed by atoms with van der Waals surface area (Å²) in [6.45, 7) is 1.03. The highest BCUT2D eigenvalue weighted by Crippen LogP contribution is 2.45. The Bertz CT molecular complexity index is 983. The first kappa shape index (κ1) is 17.7. The molecule has 28 heavy (non-hydrogen) atoms. The second-order valence-electron chi connectivity index (χ2n) is 8.34. The van der Waals surface area contributed by atoms with E-state index in [-0.39, 0.29) is 6.23 Å². The average Bonchev–Trinajstić information content (AvgIpc) is 3.04. The number of likely N-dealkylation sites (N-methyl/N-ethyl adjacent to an activating group) is 1. The molecule has 2 aromatic heterocycles. The van der Waals surface area contributed by atoms with Crippen LogP contribution in [0.1, 0.15) is 23.5 Å². The van der Waals surface area contributed by atoms with Crippen LogP contribution >= 0.6 is 0 Å². The Kier molecular flexibility index (Phi) is 4.37. The smallest absolute Gasteiger partial charge is 0.132 e. The van der Waals surface area contributed by atoms with Gasteiger partial charge in [0.1, 0.15) is 12.0 Å². The Labute approximate surface area is 166 Å². The third-order valence-corrected chi connectivity index (χ3v) is 6.70. The fourth-order valence-corrected chi connectivity index (χ4v) is 5.44. The van der Waals surface area contributed by atoms with Crippen molar-refractivity contribution in [2.75, 3.05) is 26.0 Å². The number of hydrogen-bond donors (Lipinski definition) is 1. The standard InChI is InChI=1S/C23H28N4O/c1-26-13-15-12-20-18(17-7-6-8-19(26)22(15)17)11-16(14-27(20)2)23(28-3)25-21-9-4-5-10-24-21/h4-10,13,16,18,20,23H,11-12,14H2,1-3H3,(H,24,25)/t16-,18?,20-,23?/m1/s1. The Morgan fingerprint density at radius 3 is 2.86 bits per heavy atom. The van der Waals surface area contributed by atoms with Crippen LogP contribution in [0.3, 0.4) is 0 Å². The molecule has 2 aliphatic rings. The van der Waals surface area contributed by atoms with E-state index in [1.165, 1.54) is 22.0 Å². The molecular formula is C23H28N4O. The van der Waals surface area contributed by atoms with Crippen molar-refractivity contribution in [3.05, 3.63) is 59.9 Å². The number of piperidine rings is 1. The zero-order chi connectivity index (χ0) is 19.3. The highest BCUT2D eigenvalue weighted by Gasteiger charge is 2.41. The zero-order valence-corrected chi connectivity index (χ0v) is 16.8. The molecule has 0 bridgehead atoms. The predicted octanol–water partition coefficient (Wildman–Crippen LogP) is 3.62. The van der Waals surface area contributed by atoms with Gasteiger partial charge in [-0.05, 0) is 49.2 Å². The van der Waals surface area contributed by atoms with E-state index in [1.54, 1.807) is 7.11 Å². The van der Waals surface area contributed by atoms with Gasteiger partial charge in [0.15, 0.2) is 0 Å². The van der Waals surface area contributed by atoms with Gasteiger partial charge in [-0.15, -0.1) is 0 Å². The third-order valence-electron chi connectivity index (χ3n) is 6.70. The topological polar surface area (TPSA) is 42.3 Å². The fraction of sp³-hybridized carbons (Fsp3) is 0.435. The first-order valence-electron chi connectivity index (χ1n) is 10.1. The van der Waals surface area contributed by atoms with E-state index in [1.807, 2.05) is 24.4 Å². The maximum atomic E-state index is 5.89. The number of ether oxygens (including phenoxy) is 1. The number of benzene rings is 1. The highest BCUT2D eigenvalue weighted by atomic mass is 16.5. The van der Waals surface area contributed by atoms with Crippen LogP contribution in [0.2, 0.25) is 0 Å². The number of aromatic nitrogens is 2. The summed E-state index contributed by atoms with van der Waals surface area (Å²) in [5.74, 6) is 1.81. The number of likely N-dealkylation sites (tertiary alicyclic amines) is 1. The molecule has 3 aromatic rings. The summed E-state index contributed by atoms with van der Waals surface area (Å²) in [6, 6.07) is 13.3. The molecule has 5 nitrogen and oxygen atoms in total. The maximum absolute atomic E-state index is 5.89. The van der Waals surface area contributed by atoms with Gasteiger partial charge >= 0.3 is 0 Å². The van der Waals surface area contributed by atoms with Gasteiger partial charge in [0.05, 0.1) is 0 Å². The van der Waals surface area contributed by atoms with E-state index in [0.717, 1.165) is 25.2 Å². The molecule has 1 N–H and O–H groups in total. The van der Waals surface area contributed by atoms with Crippen molar-refractivity contribution in [3.63, 3.8) is 0 Å². The molecule has 3 heterocycles. The summed E-state index contributed by atoms with van der Waals surface area (Å²) in [5, 5.41) is 4.98. The molecule has 2 unspecified atom stereocenters. The van der Waals surface area contributed by atoms with Crippen LogP contribution in [0.15, 0.2) is 48.8 Å². The zero-order valence-electron chi connectivity index (χ0n) is 16.8. The lowest BCUT2D eigenvalue weighted by Gasteiger charge is -2.47. The number of rotatable bonds is 4. The van der Waals surface area contributed by atoms with Crippen molar-refractivity contribution in [3.8, 4) is 0 Å². The SMILES string of the molecule is COC(Nc1ccccn1)[C@@H]1CC2c3cccc4c3c(cn4C)C[C@H]2N(C)C1. The molecule has 1 fully saturated rings. The molecule has 1 aromatic carbocycles. The molecule has 0 amide bonds. The second-order valence-corrected chi connectivity index (χ2v) is 8.34.